The highest BCUT2D eigenvalue weighted by Crippen LogP contribution is 2.34. The summed E-state index contributed by atoms with van der Waals surface area (Å²) in [4.78, 5) is 23.8. The van der Waals surface area contributed by atoms with Gasteiger partial charge in [0.2, 0.25) is 5.91 Å². The molecule has 0 unspecified atom stereocenters. The van der Waals surface area contributed by atoms with Crippen molar-refractivity contribution in [3.63, 3.8) is 0 Å². The molecule has 3 N–H and O–H groups in total. The Morgan fingerprint density at radius 2 is 1.96 bits per heavy atom. The molecular formula is C15H13F3N2O4. The van der Waals surface area contributed by atoms with Crippen LogP contribution in [0.15, 0.2) is 41.2 Å². The van der Waals surface area contributed by atoms with Gasteiger partial charge in [-0.05, 0) is 31.2 Å². The number of amides is 2. The molecule has 2 rings (SSSR count). The normalized spacial score (nSPS) is 12.5. The Labute approximate surface area is 134 Å². The zero-order valence-electron chi connectivity index (χ0n) is 12.3. The molecule has 1 aromatic heterocycles. The lowest BCUT2D eigenvalue weighted by molar-refractivity contribution is -0.137. The fourth-order valence-corrected chi connectivity index (χ4v) is 1.79. The minimum absolute atomic E-state index is 0.191. The van der Waals surface area contributed by atoms with E-state index in [9.17, 15) is 27.9 Å². The van der Waals surface area contributed by atoms with Gasteiger partial charge in [0, 0.05) is 0 Å². The number of halogens is 3. The van der Waals surface area contributed by atoms with Crippen LogP contribution in [-0.2, 0) is 11.0 Å². The van der Waals surface area contributed by atoms with Gasteiger partial charge < -0.3 is 20.2 Å². The van der Waals surface area contributed by atoms with Crippen LogP contribution in [0.3, 0.4) is 0 Å². The molecule has 0 fully saturated rings. The number of furan rings is 1. The van der Waals surface area contributed by atoms with Crippen LogP contribution >= 0.6 is 0 Å². The van der Waals surface area contributed by atoms with Crippen LogP contribution in [0.4, 0.5) is 18.9 Å². The Balaban J connectivity index is 2.07. The van der Waals surface area contributed by atoms with Gasteiger partial charge in [-0.15, -0.1) is 0 Å². The summed E-state index contributed by atoms with van der Waals surface area (Å²) in [7, 11) is 0. The molecule has 1 aromatic carbocycles. The van der Waals surface area contributed by atoms with Crippen molar-refractivity contribution in [2.24, 2.45) is 0 Å². The van der Waals surface area contributed by atoms with E-state index in [-0.39, 0.29) is 5.56 Å². The second-order valence-corrected chi connectivity index (χ2v) is 4.93. The van der Waals surface area contributed by atoms with Crippen molar-refractivity contribution in [2.45, 2.75) is 19.1 Å². The van der Waals surface area contributed by atoms with Crippen LogP contribution in [0.2, 0.25) is 0 Å². The summed E-state index contributed by atoms with van der Waals surface area (Å²) < 4.78 is 42.7. The van der Waals surface area contributed by atoms with Crippen LogP contribution in [0.25, 0.3) is 0 Å². The average Bonchev–Trinajstić information content (AvgIpc) is 3.02. The maximum absolute atomic E-state index is 12.7. The molecule has 24 heavy (non-hydrogen) atoms. The molecule has 0 saturated heterocycles. The first-order valence-electron chi connectivity index (χ1n) is 6.72. The molecule has 0 aliphatic heterocycles. The van der Waals surface area contributed by atoms with Crippen molar-refractivity contribution < 1.29 is 32.3 Å². The fraction of sp³-hybridized carbons (Fsp3) is 0.200. The summed E-state index contributed by atoms with van der Waals surface area (Å²) in [6.07, 6.45) is -2.16. The monoisotopic (exact) mass is 342 g/mol. The van der Waals surface area contributed by atoms with Gasteiger partial charge in [-0.3, -0.25) is 9.59 Å². The third-order valence-corrected chi connectivity index (χ3v) is 3.11. The molecule has 0 bridgehead atoms. The number of alkyl halides is 3. The highest BCUT2D eigenvalue weighted by atomic mass is 19.4. The van der Waals surface area contributed by atoms with Crippen molar-refractivity contribution in [3.8, 4) is 5.75 Å². The highest BCUT2D eigenvalue weighted by Gasteiger charge is 2.31. The lowest BCUT2D eigenvalue weighted by Crippen LogP contribution is -2.41. The number of carbonyl (C=O) groups excluding carboxylic acids is 2. The number of anilines is 1. The first kappa shape index (κ1) is 17.4. The van der Waals surface area contributed by atoms with E-state index in [4.69, 9.17) is 4.42 Å². The fourth-order valence-electron chi connectivity index (χ4n) is 1.79. The van der Waals surface area contributed by atoms with Crippen molar-refractivity contribution in [3.05, 3.63) is 47.9 Å². The molecule has 0 aliphatic rings. The van der Waals surface area contributed by atoms with Crippen LogP contribution < -0.4 is 10.6 Å². The topological polar surface area (TPSA) is 91.6 Å². The third kappa shape index (κ3) is 4.06. The van der Waals surface area contributed by atoms with E-state index in [1.54, 1.807) is 0 Å². The molecule has 2 aromatic rings. The second-order valence-electron chi connectivity index (χ2n) is 4.93. The van der Waals surface area contributed by atoms with Gasteiger partial charge in [0.25, 0.3) is 5.91 Å². The third-order valence-electron chi connectivity index (χ3n) is 3.11. The van der Waals surface area contributed by atoms with E-state index >= 15 is 0 Å². The Morgan fingerprint density at radius 3 is 2.54 bits per heavy atom. The molecule has 128 valence electrons. The number of phenols is 1. The predicted octanol–water partition coefficient (Wildman–Crippen LogP) is 2.76. The molecule has 0 saturated carbocycles. The predicted molar refractivity (Wildman–Crippen MR) is 77.4 cm³/mol. The molecule has 1 heterocycles. The van der Waals surface area contributed by atoms with Gasteiger partial charge in [0.1, 0.15) is 18.1 Å². The number of rotatable bonds is 4. The van der Waals surface area contributed by atoms with E-state index in [0.717, 1.165) is 6.07 Å². The molecule has 1 atom stereocenters. The second kappa shape index (κ2) is 6.65. The minimum Gasteiger partial charge on any atom is -0.506 e. The van der Waals surface area contributed by atoms with E-state index < -0.39 is 41.0 Å². The molecule has 6 nitrogen and oxygen atoms in total. The Morgan fingerprint density at radius 1 is 1.25 bits per heavy atom. The number of phenolic OH excluding ortho intramolecular Hbond substituents is 1. The van der Waals surface area contributed by atoms with E-state index in [1.807, 2.05) is 0 Å². The molecule has 2 amide bonds. The lowest BCUT2D eigenvalue weighted by Gasteiger charge is -2.15. The maximum atomic E-state index is 12.7. The van der Waals surface area contributed by atoms with Crippen LogP contribution in [0.5, 0.6) is 5.75 Å². The van der Waals surface area contributed by atoms with Gasteiger partial charge in [0.05, 0.1) is 23.1 Å². The van der Waals surface area contributed by atoms with Gasteiger partial charge in [-0.2, -0.15) is 13.2 Å². The van der Waals surface area contributed by atoms with Crippen molar-refractivity contribution in [2.75, 3.05) is 5.32 Å². The van der Waals surface area contributed by atoms with E-state index in [0.29, 0.717) is 12.1 Å². The number of hydrogen-bond acceptors (Lipinski definition) is 4. The highest BCUT2D eigenvalue weighted by molar-refractivity contribution is 6.01. The Kier molecular flexibility index (Phi) is 4.82. The van der Waals surface area contributed by atoms with Gasteiger partial charge in [-0.25, -0.2) is 0 Å². The Hall–Kier alpha value is -2.97. The summed E-state index contributed by atoms with van der Waals surface area (Å²) in [5, 5.41) is 14.1. The average molecular weight is 342 g/mol. The summed E-state index contributed by atoms with van der Waals surface area (Å²) in [5.41, 5.74) is -1.23. The van der Waals surface area contributed by atoms with Gasteiger partial charge >= 0.3 is 6.18 Å². The summed E-state index contributed by atoms with van der Waals surface area (Å²) in [6.45, 7) is 1.35. The van der Waals surface area contributed by atoms with Crippen LogP contribution in [-0.4, -0.2) is 23.0 Å². The standard InChI is InChI=1S/C15H13F3N2O4/c1-8(19-14(23)9-4-5-24-7-9)13(22)20-11-6-10(15(16,17)18)2-3-12(11)21/h2-8,21H,1H3,(H,19,23)(H,20,22)/t8-/m1/s1. The van der Waals surface area contributed by atoms with Crippen molar-refractivity contribution in [1.29, 1.82) is 0 Å². The van der Waals surface area contributed by atoms with E-state index in [2.05, 4.69) is 10.6 Å². The molecular weight excluding hydrogens is 329 g/mol. The number of carbonyl (C=O) groups is 2. The number of hydrogen-bond donors (Lipinski definition) is 3. The quantitative estimate of drug-likeness (QED) is 0.745. The molecule has 0 radical (unpaired) electrons. The number of aromatic hydroxyl groups is 1. The summed E-state index contributed by atoms with van der Waals surface area (Å²) in [5.74, 6) is -1.90. The lowest BCUT2D eigenvalue weighted by atomic mass is 10.1. The Bertz CT molecular complexity index is 742. The zero-order chi connectivity index (χ0) is 17.9. The SMILES string of the molecule is C[C@@H](NC(=O)c1ccoc1)C(=O)Nc1cc(C(F)(F)F)ccc1O. The van der Waals surface area contributed by atoms with Crippen LogP contribution in [0.1, 0.15) is 22.8 Å². The summed E-state index contributed by atoms with van der Waals surface area (Å²) >= 11 is 0. The molecule has 0 aliphatic carbocycles. The van der Waals surface area contributed by atoms with Gasteiger partial charge in [-0.1, -0.05) is 0 Å². The molecule has 0 spiro atoms. The van der Waals surface area contributed by atoms with E-state index in [1.165, 1.54) is 25.5 Å². The van der Waals surface area contributed by atoms with Crippen LogP contribution in [0, 0.1) is 0 Å². The maximum Gasteiger partial charge on any atom is 0.416 e. The number of benzene rings is 1. The van der Waals surface area contributed by atoms with Gasteiger partial charge in [0.15, 0.2) is 0 Å². The first-order valence-corrected chi connectivity index (χ1v) is 6.72. The minimum atomic E-state index is -4.62. The molecule has 9 heteroatoms. The number of nitrogens with one attached hydrogen (secondary N) is 2. The first-order chi connectivity index (χ1) is 11.2. The largest absolute Gasteiger partial charge is 0.506 e. The smallest absolute Gasteiger partial charge is 0.416 e. The zero-order valence-corrected chi connectivity index (χ0v) is 12.3. The van der Waals surface area contributed by atoms with Crippen molar-refractivity contribution >= 4 is 17.5 Å². The van der Waals surface area contributed by atoms with Crippen molar-refractivity contribution in [1.82, 2.24) is 5.32 Å². The summed E-state index contributed by atoms with van der Waals surface area (Å²) in [6, 6.07) is 2.46.